The van der Waals surface area contributed by atoms with Crippen LogP contribution in [-0.2, 0) is 9.53 Å². The first kappa shape index (κ1) is 12.9. The quantitative estimate of drug-likeness (QED) is 0.413. The molecule has 0 spiro atoms. The first-order chi connectivity index (χ1) is 6.06. The highest BCUT2D eigenvalue weighted by Gasteiger charge is 2.57. The Morgan fingerprint density at radius 3 is 2.00 bits per heavy atom. The lowest BCUT2D eigenvalue weighted by Gasteiger charge is -2.19. The van der Waals surface area contributed by atoms with E-state index in [0.29, 0.717) is 0 Å². The van der Waals surface area contributed by atoms with E-state index in [0.717, 1.165) is 6.92 Å². The molecule has 0 aliphatic rings. The molecule has 2 nitrogen and oxygen atoms in total. The van der Waals surface area contributed by atoms with Crippen molar-refractivity contribution < 1.29 is 31.5 Å². The Labute approximate surface area is 76.3 Å². The minimum Gasteiger partial charge on any atom is -0.432 e. The summed E-state index contributed by atoms with van der Waals surface area (Å²) in [6.45, 7) is 3.64. The maximum atomic E-state index is 12.3. The molecule has 0 heterocycles. The standard InChI is InChI=1S/C7H7F5O2/c1-4(14-5(2)13)3-6(8,9)7(10,11)12/h1,3H2,2H3. The second-order valence-corrected chi connectivity index (χ2v) is 2.51. The Morgan fingerprint density at radius 2 is 1.71 bits per heavy atom. The average molecular weight is 218 g/mol. The Hall–Kier alpha value is -1.14. The van der Waals surface area contributed by atoms with Crippen molar-refractivity contribution in [3.8, 4) is 0 Å². The van der Waals surface area contributed by atoms with E-state index < -0.39 is 30.2 Å². The molecule has 0 aromatic heterocycles. The molecule has 7 heteroatoms. The van der Waals surface area contributed by atoms with Crippen LogP contribution in [0.5, 0.6) is 0 Å². The molecule has 14 heavy (non-hydrogen) atoms. The van der Waals surface area contributed by atoms with Crippen LogP contribution in [0.15, 0.2) is 12.3 Å². The average Bonchev–Trinajstić information content (AvgIpc) is 1.79. The number of hydrogen-bond acceptors (Lipinski definition) is 2. The summed E-state index contributed by atoms with van der Waals surface area (Å²) in [5, 5.41) is 0. The molecular formula is C7H7F5O2. The van der Waals surface area contributed by atoms with E-state index in [1.165, 1.54) is 0 Å². The van der Waals surface area contributed by atoms with E-state index in [-0.39, 0.29) is 0 Å². The molecule has 0 aliphatic carbocycles. The van der Waals surface area contributed by atoms with Crippen molar-refractivity contribution in [1.29, 1.82) is 0 Å². The number of rotatable bonds is 3. The lowest BCUT2D eigenvalue weighted by Crippen LogP contribution is -2.36. The SMILES string of the molecule is C=C(CC(F)(F)C(F)(F)F)OC(C)=O. The molecule has 0 N–H and O–H groups in total. The highest BCUT2D eigenvalue weighted by molar-refractivity contribution is 5.67. The van der Waals surface area contributed by atoms with Crippen LogP contribution in [-0.4, -0.2) is 18.1 Å². The van der Waals surface area contributed by atoms with Crippen molar-refractivity contribution in [2.45, 2.75) is 25.4 Å². The summed E-state index contributed by atoms with van der Waals surface area (Å²) in [5.41, 5.74) is 0. The Morgan fingerprint density at radius 1 is 1.29 bits per heavy atom. The third-order valence-electron chi connectivity index (χ3n) is 1.12. The van der Waals surface area contributed by atoms with Gasteiger partial charge in [-0.15, -0.1) is 0 Å². The van der Waals surface area contributed by atoms with Crippen molar-refractivity contribution in [2.75, 3.05) is 0 Å². The van der Waals surface area contributed by atoms with Gasteiger partial charge in [0.25, 0.3) is 0 Å². The summed E-state index contributed by atoms with van der Waals surface area (Å²) in [6.07, 6.45) is -7.42. The Kier molecular flexibility index (Phi) is 3.61. The number of halogens is 5. The predicted molar refractivity (Wildman–Crippen MR) is 36.5 cm³/mol. The summed E-state index contributed by atoms with van der Waals surface area (Å²) in [5.74, 6) is -6.84. The van der Waals surface area contributed by atoms with Gasteiger partial charge in [-0.05, 0) is 0 Å². The van der Waals surface area contributed by atoms with Gasteiger partial charge in [-0.2, -0.15) is 22.0 Å². The third kappa shape index (κ3) is 3.71. The van der Waals surface area contributed by atoms with Gasteiger partial charge in [0.15, 0.2) is 0 Å². The van der Waals surface area contributed by atoms with Crippen molar-refractivity contribution in [1.82, 2.24) is 0 Å². The highest BCUT2D eigenvalue weighted by Crippen LogP contribution is 2.39. The first-order valence-corrected chi connectivity index (χ1v) is 3.37. The number of carbonyl (C=O) groups excluding carboxylic acids is 1. The second-order valence-electron chi connectivity index (χ2n) is 2.51. The van der Waals surface area contributed by atoms with Gasteiger partial charge in [0.2, 0.25) is 0 Å². The zero-order valence-electron chi connectivity index (χ0n) is 7.12. The second kappa shape index (κ2) is 3.93. The molecule has 82 valence electrons. The number of ether oxygens (including phenoxy) is 1. The summed E-state index contributed by atoms with van der Waals surface area (Å²) >= 11 is 0. The molecule has 0 unspecified atom stereocenters. The number of carbonyl (C=O) groups is 1. The first-order valence-electron chi connectivity index (χ1n) is 3.37. The maximum Gasteiger partial charge on any atom is 0.453 e. The normalized spacial score (nSPS) is 12.4. The van der Waals surface area contributed by atoms with Crippen LogP contribution in [0.25, 0.3) is 0 Å². The molecule has 0 saturated heterocycles. The van der Waals surface area contributed by atoms with Crippen LogP contribution < -0.4 is 0 Å². The van der Waals surface area contributed by atoms with Crippen molar-refractivity contribution >= 4 is 5.97 Å². The molecule has 0 saturated carbocycles. The van der Waals surface area contributed by atoms with E-state index in [4.69, 9.17) is 0 Å². The van der Waals surface area contributed by atoms with E-state index in [1.54, 1.807) is 0 Å². The van der Waals surface area contributed by atoms with Crippen LogP contribution in [0.4, 0.5) is 22.0 Å². The fourth-order valence-electron chi connectivity index (χ4n) is 0.587. The zero-order valence-corrected chi connectivity index (χ0v) is 7.12. The summed E-state index contributed by atoms with van der Waals surface area (Å²) in [7, 11) is 0. The van der Waals surface area contributed by atoms with Crippen molar-refractivity contribution in [3.05, 3.63) is 12.3 Å². The lowest BCUT2D eigenvalue weighted by molar-refractivity contribution is -0.283. The van der Waals surface area contributed by atoms with Gasteiger partial charge in [-0.3, -0.25) is 4.79 Å². The van der Waals surface area contributed by atoms with Gasteiger partial charge in [-0.25, -0.2) is 0 Å². The van der Waals surface area contributed by atoms with Gasteiger partial charge in [-0.1, -0.05) is 6.58 Å². The van der Waals surface area contributed by atoms with E-state index >= 15 is 0 Å². The van der Waals surface area contributed by atoms with Gasteiger partial charge >= 0.3 is 18.1 Å². The van der Waals surface area contributed by atoms with E-state index in [1.807, 2.05) is 0 Å². The molecule has 0 bridgehead atoms. The molecule has 0 aliphatic heterocycles. The summed E-state index contributed by atoms with van der Waals surface area (Å²) in [6, 6.07) is 0. The van der Waals surface area contributed by atoms with Crippen molar-refractivity contribution in [3.63, 3.8) is 0 Å². The molecule has 0 aromatic rings. The van der Waals surface area contributed by atoms with Gasteiger partial charge in [0.05, 0.1) is 6.42 Å². The predicted octanol–water partition coefficient (Wildman–Crippen LogP) is 2.65. The molecule has 0 atom stereocenters. The summed E-state index contributed by atoms with van der Waals surface area (Å²) in [4.78, 5) is 10.2. The van der Waals surface area contributed by atoms with Gasteiger partial charge < -0.3 is 4.74 Å². The molecule has 0 fully saturated rings. The topological polar surface area (TPSA) is 26.3 Å². The lowest BCUT2D eigenvalue weighted by atomic mass is 10.2. The largest absolute Gasteiger partial charge is 0.453 e. The fourth-order valence-corrected chi connectivity index (χ4v) is 0.587. The Bertz CT molecular complexity index is 243. The van der Waals surface area contributed by atoms with Crippen LogP contribution in [0.2, 0.25) is 0 Å². The molecule has 0 amide bonds. The fraction of sp³-hybridized carbons (Fsp3) is 0.571. The van der Waals surface area contributed by atoms with Crippen LogP contribution in [0.3, 0.4) is 0 Å². The van der Waals surface area contributed by atoms with Crippen LogP contribution >= 0.6 is 0 Å². The molecule has 0 rings (SSSR count). The third-order valence-corrected chi connectivity index (χ3v) is 1.12. The van der Waals surface area contributed by atoms with E-state index in [2.05, 4.69) is 11.3 Å². The van der Waals surface area contributed by atoms with Crippen LogP contribution in [0, 0.1) is 0 Å². The van der Waals surface area contributed by atoms with Gasteiger partial charge in [0, 0.05) is 6.92 Å². The maximum absolute atomic E-state index is 12.3. The minimum atomic E-state index is -5.67. The number of hydrogen-bond donors (Lipinski definition) is 0. The highest BCUT2D eigenvalue weighted by atomic mass is 19.4. The van der Waals surface area contributed by atoms with E-state index in [9.17, 15) is 26.7 Å². The molecular weight excluding hydrogens is 211 g/mol. The van der Waals surface area contributed by atoms with Crippen LogP contribution in [0.1, 0.15) is 13.3 Å². The zero-order chi connectivity index (χ0) is 11.6. The summed E-state index contributed by atoms with van der Waals surface area (Å²) < 4.78 is 63.3. The monoisotopic (exact) mass is 218 g/mol. The molecule has 0 radical (unpaired) electrons. The van der Waals surface area contributed by atoms with Crippen molar-refractivity contribution in [2.24, 2.45) is 0 Å². The van der Waals surface area contributed by atoms with Gasteiger partial charge in [0.1, 0.15) is 5.76 Å². The number of allylic oxidation sites excluding steroid dienone is 1. The minimum absolute atomic E-state index is 0.872. The Balaban J connectivity index is 4.37. The number of alkyl halides is 5. The smallest absolute Gasteiger partial charge is 0.432 e. The molecule has 0 aromatic carbocycles. The number of esters is 1.